The number of nitrogen functional groups attached to an aromatic ring is 1. The number of nitrogens with zero attached hydrogens (tertiary/aromatic N) is 1. The fourth-order valence-electron chi connectivity index (χ4n) is 2.57. The maximum atomic E-state index is 13.2. The molecule has 21 heavy (non-hydrogen) atoms. The van der Waals surface area contributed by atoms with E-state index in [4.69, 9.17) is 15.6 Å². The van der Waals surface area contributed by atoms with Crippen LogP contribution in [0, 0.1) is 11.7 Å². The highest BCUT2D eigenvalue weighted by Crippen LogP contribution is 2.23. The van der Waals surface area contributed by atoms with Crippen LogP contribution in [-0.4, -0.2) is 35.8 Å². The minimum atomic E-state index is -0.831. The monoisotopic (exact) mass is 296 g/mol. The van der Waals surface area contributed by atoms with E-state index in [9.17, 15) is 9.18 Å². The maximum absolute atomic E-state index is 13.2. The first kappa shape index (κ1) is 15.4. The number of ether oxygens (including phenoxy) is 1. The fraction of sp³-hybridized carbons (Fsp3) is 0.533. The Morgan fingerprint density at radius 3 is 2.76 bits per heavy atom. The number of rotatable bonds is 5. The molecule has 1 aromatic rings. The summed E-state index contributed by atoms with van der Waals surface area (Å²) in [5, 5.41) is 8.87. The van der Waals surface area contributed by atoms with Crippen LogP contribution < -0.4 is 10.5 Å². The second-order valence-electron chi connectivity index (χ2n) is 5.39. The molecule has 2 rings (SSSR count). The van der Waals surface area contributed by atoms with E-state index in [2.05, 4.69) is 0 Å². The number of piperidine rings is 1. The van der Waals surface area contributed by atoms with Crippen molar-refractivity contribution in [2.24, 2.45) is 5.92 Å². The Balaban J connectivity index is 1.64. The quantitative estimate of drug-likeness (QED) is 0.647. The molecular formula is C15H21FN2O3. The number of hydrogen-bond donors (Lipinski definition) is 2. The van der Waals surface area contributed by atoms with Crippen LogP contribution in [0.1, 0.15) is 25.7 Å². The lowest BCUT2D eigenvalue weighted by Gasteiger charge is -2.29. The third-order valence-corrected chi connectivity index (χ3v) is 3.88. The minimum Gasteiger partial charge on any atom is -0.493 e. The molecule has 3 N–H and O–H groups in total. The predicted octanol–water partition coefficient (Wildman–Crippen LogP) is 2.96. The van der Waals surface area contributed by atoms with Gasteiger partial charge in [0.15, 0.2) is 0 Å². The van der Waals surface area contributed by atoms with Crippen molar-refractivity contribution < 1.29 is 19.0 Å². The van der Waals surface area contributed by atoms with Gasteiger partial charge >= 0.3 is 6.09 Å². The normalized spacial score (nSPS) is 16.0. The number of amides is 1. The SMILES string of the molecule is Nc1ccc(OCCCC2CCN(C(=O)O)CC2)cc1F. The Morgan fingerprint density at radius 2 is 2.14 bits per heavy atom. The number of likely N-dealkylation sites (tertiary alicyclic amines) is 1. The largest absolute Gasteiger partial charge is 0.493 e. The maximum Gasteiger partial charge on any atom is 0.407 e. The first-order valence-corrected chi connectivity index (χ1v) is 7.22. The van der Waals surface area contributed by atoms with E-state index in [0.717, 1.165) is 25.7 Å². The molecule has 6 heteroatoms. The molecule has 0 saturated carbocycles. The van der Waals surface area contributed by atoms with Gasteiger partial charge in [-0.25, -0.2) is 9.18 Å². The van der Waals surface area contributed by atoms with E-state index in [0.29, 0.717) is 31.4 Å². The summed E-state index contributed by atoms with van der Waals surface area (Å²) in [5.41, 5.74) is 5.52. The van der Waals surface area contributed by atoms with Crippen LogP contribution in [0.2, 0.25) is 0 Å². The van der Waals surface area contributed by atoms with E-state index in [1.165, 1.54) is 17.0 Å². The molecule has 0 unspecified atom stereocenters. The summed E-state index contributed by atoms with van der Waals surface area (Å²) < 4.78 is 18.7. The van der Waals surface area contributed by atoms with Crippen LogP contribution in [0.5, 0.6) is 5.75 Å². The molecule has 1 amide bonds. The number of nitrogens with two attached hydrogens (primary N) is 1. The second kappa shape index (κ2) is 7.15. The van der Waals surface area contributed by atoms with E-state index in [-0.39, 0.29) is 5.69 Å². The predicted molar refractivity (Wildman–Crippen MR) is 77.9 cm³/mol. The van der Waals surface area contributed by atoms with Crippen molar-refractivity contribution in [3.05, 3.63) is 24.0 Å². The van der Waals surface area contributed by atoms with Gasteiger partial charge in [-0.1, -0.05) is 0 Å². The van der Waals surface area contributed by atoms with E-state index >= 15 is 0 Å². The van der Waals surface area contributed by atoms with Gasteiger partial charge < -0.3 is 20.5 Å². The summed E-state index contributed by atoms with van der Waals surface area (Å²) in [7, 11) is 0. The molecule has 1 heterocycles. The third kappa shape index (κ3) is 4.51. The van der Waals surface area contributed by atoms with Crippen molar-refractivity contribution in [2.75, 3.05) is 25.4 Å². The average Bonchev–Trinajstić information content (AvgIpc) is 2.47. The molecule has 0 aliphatic carbocycles. The Labute approximate surface area is 123 Å². The van der Waals surface area contributed by atoms with Crippen LogP contribution in [0.4, 0.5) is 14.9 Å². The summed E-state index contributed by atoms with van der Waals surface area (Å²) in [6, 6.07) is 4.44. The van der Waals surface area contributed by atoms with Crippen LogP contribution in [-0.2, 0) is 0 Å². The van der Waals surface area contributed by atoms with Gasteiger partial charge in [0.1, 0.15) is 11.6 Å². The standard InChI is InChI=1S/C15H21FN2O3/c16-13-10-12(3-4-14(13)17)21-9-1-2-11-5-7-18(8-6-11)15(19)20/h3-4,10-11H,1-2,5-9,17H2,(H,19,20). The zero-order valence-electron chi connectivity index (χ0n) is 11.9. The summed E-state index contributed by atoms with van der Waals surface area (Å²) in [6.45, 7) is 1.76. The Morgan fingerprint density at radius 1 is 1.43 bits per heavy atom. The van der Waals surface area contributed by atoms with Crippen LogP contribution in [0.15, 0.2) is 18.2 Å². The molecule has 0 bridgehead atoms. The molecule has 5 nitrogen and oxygen atoms in total. The Kier molecular flexibility index (Phi) is 5.25. The zero-order chi connectivity index (χ0) is 15.2. The molecule has 1 aliphatic heterocycles. The van der Waals surface area contributed by atoms with Gasteiger partial charge in [-0.15, -0.1) is 0 Å². The third-order valence-electron chi connectivity index (χ3n) is 3.88. The van der Waals surface area contributed by atoms with Crippen molar-refractivity contribution in [3.63, 3.8) is 0 Å². The highest BCUT2D eigenvalue weighted by molar-refractivity contribution is 5.64. The summed E-state index contributed by atoms with van der Waals surface area (Å²) in [6.07, 6.45) is 2.86. The number of benzene rings is 1. The molecular weight excluding hydrogens is 275 g/mol. The highest BCUT2D eigenvalue weighted by Gasteiger charge is 2.21. The molecule has 0 radical (unpaired) electrons. The molecule has 0 atom stereocenters. The summed E-state index contributed by atoms with van der Waals surface area (Å²) in [4.78, 5) is 12.3. The van der Waals surface area contributed by atoms with Gasteiger partial charge in [-0.3, -0.25) is 0 Å². The first-order valence-electron chi connectivity index (χ1n) is 7.22. The van der Waals surface area contributed by atoms with E-state index in [1.807, 2.05) is 0 Å². The number of anilines is 1. The smallest absolute Gasteiger partial charge is 0.407 e. The summed E-state index contributed by atoms with van der Waals surface area (Å²) >= 11 is 0. The van der Waals surface area contributed by atoms with Crippen LogP contribution >= 0.6 is 0 Å². The molecule has 1 aromatic carbocycles. The van der Waals surface area contributed by atoms with Gasteiger partial charge in [0, 0.05) is 19.2 Å². The van der Waals surface area contributed by atoms with Crippen molar-refractivity contribution in [3.8, 4) is 5.75 Å². The number of carboxylic acid groups (broad SMARTS) is 1. The molecule has 1 fully saturated rings. The van der Waals surface area contributed by atoms with Crippen molar-refractivity contribution in [1.82, 2.24) is 4.90 Å². The molecule has 0 aromatic heterocycles. The van der Waals surface area contributed by atoms with Gasteiger partial charge in [-0.2, -0.15) is 0 Å². The van der Waals surface area contributed by atoms with Crippen LogP contribution in [0.25, 0.3) is 0 Å². The topological polar surface area (TPSA) is 75.8 Å². The van der Waals surface area contributed by atoms with Gasteiger partial charge in [-0.05, 0) is 43.7 Å². The summed E-state index contributed by atoms with van der Waals surface area (Å²) in [5.74, 6) is 0.572. The van der Waals surface area contributed by atoms with Gasteiger partial charge in [0.2, 0.25) is 0 Å². The average molecular weight is 296 g/mol. The first-order chi connectivity index (χ1) is 10.1. The second-order valence-corrected chi connectivity index (χ2v) is 5.39. The van der Waals surface area contributed by atoms with Crippen molar-refractivity contribution in [2.45, 2.75) is 25.7 Å². The molecule has 0 spiro atoms. The lowest BCUT2D eigenvalue weighted by Crippen LogP contribution is -2.37. The minimum absolute atomic E-state index is 0.118. The van der Waals surface area contributed by atoms with Gasteiger partial charge in [0.05, 0.1) is 12.3 Å². The van der Waals surface area contributed by atoms with Crippen molar-refractivity contribution >= 4 is 11.8 Å². The number of carbonyl (C=O) groups is 1. The molecule has 116 valence electrons. The van der Waals surface area contributed by atoms with Crippen molar-refractivity contribution in [1.29, 1.82) is 0 Å². The Bertz CT molecular complexity index is 488. The van der Waals surface area contributed by atoms with E-state index < -0.39 is 11.9 Å². The van der Waals surface area contributed by atoms with Gasteiger partial charge in [0.25, 0.3) is 0 Å². The lowest BCUT2D eigenvalue weighted by molar-refractivity contribution is 0.121. The number of hydrogen-bond acceptors (Lipinski definition) is 3. The zero-order valence-corrected chi connectivity index (χ0v) is 11.9. The number of halogens is 1. The lowest BCUT2D eigenvalue weighted by atomic mass is 9.92. The Hall–Kier alpha value is -1.98. The highest BCUT2D eigenvalue weighted by atomic mass is 19.1. The molecule has 1 aliphatic rings. The fourth-order valence-corrected chi connectivity index (χ4v) is 2.57. The van der Waals surface area contributed by atoms with E-state index in [1.54, 1.807) is 6.07 Å². The molecule has 1 saturated heterocycles. The van der Waals surface area contributed by atoms with Crippen LogP contribution in [0.3, 0.4) is 0 Å².